The lowest BCUT2D eigenvalue weighted by atomic mass is 10.00. The van der Waals surface area contributed by atoms with E-state index < -0.39 is 0 Å². The molecule has 2 aliphatic heterocycles. The maximum Gasteiger partial charge on any atom is 0.247 e. The maximum atomic E-state index is 13.1. The first-order valence-electron chi connectivity index (χ1n) is 9.38. The van der Waals surface area contributed by atoms with E-state index in [1.807, 2.05) is 53.4 Å². The number of amides is 1. The van der Waals surface area contributed by atoms with Gasteiger partial charge in [-0.15, -0.1) is 0 Å². The van der Waals surface area contributed by atoms with Gasteiger partial charge in [-0.3, -0.25) is 4.79 Å². The van der Waals surface area contributed by atoms with Crippen molar-refractivity contribution in [3.63, 3.8) is 0 Å². The minimum Gasteiger partial charge on any atom is -0.454 e. The topological polar surface area (TPSA) is 43.7 Å². The first-order chi connectivity index (χ1) is 13.8. The molecule has 3 aromatic rings. The zero-order chi connectivity index (χ0) is 18.9. The van der Waals surface area contributed by atoms with E-state index in [1.54, 1.807) is 6.08 Å². The Balaban J connectivity index is 1.43. The summed E-state index contributed by atoms with van der Waals surface area (Å²) >= 11 is 0. The highest BCUT2D eigenvalue weighted by molar-refractivity contribution is 5.92. The molecule has 5 rings (SSSR count). The summed E-state index contributed by atoms with van der Waals surface area (Å²) in [5.74, 6) is 1.45. The Hall–Kier alpha value is -3.47. The van der Waals surface area contributed by atoms with Gasteiger partial charge in [-0.2, -0.15) is 0 Å². The highest BCUT2D eigenvalue weighted by atomic mass is 16.7. The third kappa shape index (κ3) is 2.95. The first-order valence-corrected chi connectivity index (χ1v) is 9.38. The molecule has 0 unspecified atom stereocenters. The van der Waals surface area contributed by atoms with Crippen LogP contribution in [0.25, 0.3) is 6.08 Å². The Morgan fingerprint density at radius 2 is 1.82 bits per heavy atom. The number of carbonyl (C=O) groups excluding carboxylic acids is 1. The molecule has 5 heteroatoms. The highest BCUT2D eigenvalue weighted by Crippen LogP contribution is 2.34. The summed E-state index contributed by atoms with van der Waals surface area (Å²) in [6.45, 7) is 1.72. The van der Waals surface area contributed by atoms with Crippen LogP contribution in [0.3, 0.4) is 0 Å². The molecule has 0 bridgehead atoms. The molecule has 1 aromatic heterocycles. The Morgan fingerprint density at radius 3 is 2.71 bits per heavy atom. The molecule has 0 aliphatic carbocycles. The molecule has 1 amide bonds. The van der Waals surface area contributed by atoms with Gasteiger partial charge in [0, 0.05) is 31.1 Å². The monoisotopic (exact) mass is 372 g/mol. The summed E-state index contributed by atoms with van der Waals surface area (Å²) < 4.78 is 13.0. The van der Waals surface area contributed by atoms with Gasteiger partial charge in [0.25, 0.3) is 0 Å². The van der Waals surface area contributed by atoms with E-state index in [-0.39, 0.29) is 18.7 Å². The molecule has 0 N–H and O–H groups in total. The van der Waals surface area contributed by atoms with Crippen molar-refractivity contribution in [2.75, 3.05) is 13.3 Å². The van der Waals surface area contributed by atoms with Crippen molar-refractivity contribution in [1.29, 1.82) is 0 Å². The number of benzene rings is 2. The second kappa shape index (κ2) is 6.93. The number of nitrogens with zero attached hydrogens (tertiary/aromatic N) is 2. The van der Waals surface area contributed by atoms with Gasteiger partial charge < -0.3 is 18.9 Å². The number of ether oxygens (including phenoxy) is 2. The Labute approximate surface area is 163 Å². The lowest BCUT2D eigenvalue weighted by Crippen LogP contribution is -2.41. The summed E-state index contributed by atoms with van der Waals surface area (Å²) in [6, 6.07) is 19.9. The zero-order valence-corrected chi connectivity index (χ0v) is 15.3. The number of fused-ring (bicyclic) bond motifs is 2. The van der Waals surface area contributed by atoms with E-state index in [1.165, 1.54) is 0 Å². The minimum atomic E-state index is -0.0844. The van der Waals surface area contributed by atoms with Gasteiger partial charge in [0.15, 0.2) is 11.5 Å². The molecule has 0 saturated carbocycles. The molecule has 1 atom stereocenters. The largest absolute Gasteiger partial charge is 0.454 e. The number of aromatic nitrogens is 1. The lowest BCUT2D eigenvalue weighted by molar-refractivity contribution is -0.128. The third-order valence-electron chi connectivity index (χ3n) is 5.25. The Kier molecular flexibility index (Phi) is 4.13. The number of hydrogen-bond donors (Lipinski definition) is 0. The van der Waals surface area contributed by atoms with Crippen LogP contribution in [-0.4, -0.2) is 28.7 Å². The predicted octanol–water partition coefficient (Wildman–Crippen LogP) is 3.86. The number of hydrogen-bond acceptors (Lipinski definition) is 3. The molecular weight excluding hydrogens is 352 g/mol. The standard InChI is InChI=1S/C23H20N2O3/c26-22(11-9-17-8-10-20-21(15-17)28-16-27-20)25-14-13-24-12-4-7-19(24)23(25)18-5-2-1-3-6-18/h1-12,15,23H,13-14,16H2/b11-9+/t23-/m1/s1. The van der Waals surface area contributed by atoms with E-state index in [9.17, 15) is 4.79 Å². The molecule has 2 aliphatic rings. The molecule has 0 radical (unpaired) electrons. The smallest absolute Gasteiger partial charge is 0.247 e. The first kappa shape index (κ1) is 16.7. The minimum absolute atomic E-state index is 0.000954. The van der Waals surface area contributed by atoms with Gasteiger partial charge in [-0.05, 0) is 41.5 Å². The van der Waals surface area contributed by atoms with E-state index in [4.69, 9.17) is 9.47 Å². The normalized spacial score (nSPS) is 17.7. The van der Waals surface area contributed by atoms with Gasteiger partial charge in [-0.1, -0.05) is 36.4 Å². The van der Waals surface area contributed by atoms with Crippen LogP contribution in [0.1, 0.15) is 22.9 Å². The molecule has 2 aromatic carbocycles. The van der Waals surface area contributed by atoms with E-state index >= 15 is 0 Å². The van der Waals surface area contributed by atoms with Gasteiger partial charge in [0.1, 0.15) is 0 Å². The molecule has 28 heavy (non-hydrogen) atoms. The average Bonchev–Trinajstić information content (AvgIpc) is 3.40. The second-order valence-corrected chi connectivity index (χ2v) is 6.92. The predicted molar refractivity (Wildman–Crippen MR) is 106 cm³/mol. The molecule has 5 nitrogen and oxygen atoms in total. The van der Waals surface area contributed by atoms with Crippen LogP contribution in [0.15, 0.2) is 72.9 Å². The maximum absolute atomic E-state index is 13.1. The van der Waals surface area contributed by atoms with E-state index in [0.29, 0.717) is 12.3 Å². The number of rotatable bonds is 3. The second-order valence-electron chi connectivity index (χ2n) is 6.92. The molecule has 0 fully saturated rings. The quantitative estimate of drug-likeness (QED) is 0.656. The lowest BCUT2D eigenvalue weighted by Gasteiger charge is -2.36. The van der Waals surface area contributed by atoms with Crippen LogP contribution < -0.4 is 9.47 Å². The van der Waals surface area contributed by atoms with Crippen molar-refractivity contribution in [2.24, 2.45) is 0 Å². The van der Waals surface area contributed by atoms with E-state index in [0.717, 1.165) is 29.1 Å². The molecule has 0 spiro atoms. The van der Waals surface area contributed by atoms with Crippen molar-refractivity contribution in [2.45, 2.75) is 12.6 Å². The van der Waals surface area contributed by atoms with Crippen LogP contribution in [0.4, 0.5) is 0 Å². The van der Waals surface area contributed by atoms with Crippen LogP contribution in [0, 0.1) is 0 Å². The fourth-order valence-electron chi connectivity index (χ4n) is 3.89. The average molecular weight is 372 g/mol. The van der Waals surface area contributed by atoms with Gasteiger partial charge >= 0.3 is 0 Å². The highest BCUT2D eigenvalue weighted by Gasteiger charge is 2.30. The van der Waals surface area contributed by atoms with Gasteiger partial charge in [0.05, 0.1) is 6.04 Å². The van der Waals surface area contributed by atoms with Crippen molar-refractivity contribution < 1.29 is 14.3 Å². The third-order valence-corrected chi connectivity index (χ3v) is 5.25. The molecular formula is C23H20N2O3. The molecule has 0 saturated heterocycles. The van der Waals surface area contributed by atoms with E-state index in [2.05, 4.69) is 29.0 Å². The Bertz CT molecular complexity index is 1040. The Morgan fingerprint density at radius 1 is 0.964 bits per heavy atom. The van der Waals surface area contributed by atoms with Gasteiger partial charge in [0.2, 0.25) is 12.7 Å². The van der Waals surface area contributed by atoms with Crippen LogP contribution in [0.2, 0.25) is 0 Å². The van der Waals surface area contributed by atoms with Crippen molar-refractivity contribution >= 4 is 12.0 Å². The SMILES string of the molecule is O=C(/C=C/c1ccc2c(c1)OCO2)N1CCn2cccc2[C@H]1c1ccccc1. The summed E-state index contributed by atoms with van der Waals surface area (Å²) in [6.07, 6.45) is 5.56. The summed E-state index contributed by atoms with van der Waals surface area (Å²) in [5, 5.41) is 0. The fraction of sp³-hybridized carbons (Fsp3) is 0.174. The summed E-state index contributed by atoms with van der Waals surface area (Å²) in [4.78, 5) is 15.0. The zero-order valence-electron chi connectivity index (χ0n) is 15.3. The summed E-state index contributed by atoms with van der Waals surface area (Å²) in [5.41, 5.74) is 3.17. The number of carbonyl (C=O) groups is 1. The van der Waals surface area contributed by atoms with Crippen molar-refractivity contribution in [3.05, 3.63) is 89.8 Å². The molecule has 3 heterocycles. The van der Waals surface area contributed by atoms with Crippen molar-refractivity contribution in [1.82, 2.24) is 9.47 Å². The van der Waals surface area contributed by atoms with Crippen molar-refractivity contribution in [3.8, 4) is 11.5 Å². The fourth-order valence-corrected chi connectivity index (χ4v) is 3.89. The van der Waals surface area contributed by atoms with Gasteiger partial charge in [-0.25, -0.2) is 0 Å². The van der Waals surface area contributed by atoms with Crippen LogP contribution in [-0.2, 0) is 11.3 Å². The van der Waals surface area contributed by atoms with Crippen LogP contribution in [0.5, 0.6) is 11.5 Å². The van der Waals surface area contributed by atoms with Crippen LogP contribution >= 0.6 is 0 Å². The molecule has 140 valence electrons. The summed E-state index contributed by atoms with van der Waals surface area (Å²) in [7, 11) is 0.